The van der Waals surface area contributed by atoms with Crippen molar-refractivity contribution in [2.45, 2.75) is 122 Å². The summed E-state index contributed by atoms with van der Waals surface area (Å²) >= 11 is 7.43. The fraction of sp³-hybridized carbons (Fsp3) is 0.118. The first-order valence-corrected chi connectivity index (χ1v) is 54.0. The highest BCUT2D eigenvalue weighted by molar-refractivity contribution is 8.00. The molecule has 4 aliphatic heterocycles. The highest BCUT2D eigenvalue weighted by Crippen LogP contribution is 2.55. The van der Waals surface area contributed by atoms with Gasteiger partial charge in [0.25, 0.3) is 0 Å². The first-order chi connectivity index (χ1) is 72.0. The molecular formula is C136H120N8S4. The molecule has 8 heterocycles. The largest absolute Gasteiger partial charge is 0.344 e. The zero-order valence-corrected chi connectivity index (χ0v) is 90.0. The van der Waals surface area contributed by atoms with Crippen molar-refractivity contribution in [3.8, 4) is 11.4 Å². The van der Waals surface area contributed by atoms with E-state index in [0.29, 0.717) is 0 Å². The highest BCUT2D eigenvalue weighted by atomic mass is 32.2. The Bertz CT molecular complexity index is 8660. The number of aryl methyl sites for hydroxylation is 14. The second-order valence-electron chi connectivity index (χ2n) is 39.2. The van der Waals surface area contributed by atoms with Crippen LogP contribution in [0.2, 0.25) is 0 Å². The molecule has 4 aromatic heterocycles. The molecule has 24 aromatic rings. The maximum Gasteiger partial charge on any atom is 0.0601 e. The highest BCUT2D eigenvalue weighted by Gasteiger charge is 2.29. The molecule has 0 bridgehead atoms. The average Bonchev–Trinajstić information content (AvgIpc) is 1.73. The fourth-order valence-corrected chi connectivity index (χ4v) is 25.3. The predicted molar refractivity (Wildman–Crippen MR) is 640 cm³/mol. The van der Waals surface area contributed by atoms with Crippen molar-refractivity contribution in [1.29, 1.82) is 0 Å². The third-order valence-electron chi connectivity index (χ3n) is 28.2. The standard InChI is InChI=1S/C21H19NS.C21H19N.C19H15NS.C19H15N.C15H15NS.C15H15N.C13H11NS.C13H11N/c1-14-4-8-17(9-5-14)22-18-10-6-15(2)12-20(18)23-21-13-16(3)7-11-19(21)22;1-14-4-8-17(9-5-14)22-20-10-6-15(2)12-18(20)19-13-16(3)7-11-21(19)22;1-14-10-12-15(13-11-14)20-16-6-2-4-8-18(16)21-19-9-5-3-7-17(19)20;1-14-10-12-15(13-11-14)20-18-8-4-2-6-16(18)17-7-3-5-9-19(17)20;1-10-4-6-12-14(8-10)17-15-9-11(2)5-7-13(15)16(12)3;1-10-4-6-14-12(8-10)13-9-11(2)5-7-15(13)16(14)3;1-14-10-6-2-4-8-12(10)15-13-9-5-3-7-11(13)14;1-14-12-8-4-2-6-10(12)11-7-3-5-9-13(11)14/h4-13H,1-3H3;4-13H,1-3H3;2-13H,1H3;2-13H,1H3;4-9H,1-3H3;4-9H,1-3H3;2-9H,1H3;2-9H,1H3. The number of hydrogen-bond acceptors (Lipinski definition) is 8. The molecule has 0 amide bonds. The van der Waals surface area contributed by atoms with Gasteiger partial charge in [0.15, 0.2) is 0 Å². The van der Waals surface area contributed by atoms with E-state index in [1.807, 2.05) is 47.0 Å². The summed E-state index contributed by atoms with van der Waals surface area (Å²) in [5.74, 6) is 0. The average molecular weight is 1990 g/mol. The zero-order valence-electron chi connectivity index (χ0n) is 86.8. The Morgan fingerprint density at radius 3 is 0.655 bits per heavy atom. The van der Waals surface area contributed by atoms with Crippen molar-refractivity contribution in [2.24, 2.45) is 14.1 Å². The van der Waals surface area contributed by atoms with E-state index in [0.717, 1.165) is 0 Å². The lowest BCUT2D eigenvalue weighted by Crippen LogP contribution is -2.15. The van der Waals surface area contributed by atoms with E-state index in [1.54, 1.807) is 0 Å². The lowest BCUT2D eigenvalue weighted by molar-refractivity contribution is 1.01. The van der Waals surface area contributed by atoms with Gasteiger partial charge in [-0.25, -0.2) is 0 Å². The molecule has 28 rings (SSSR count). The van der Waals surface area contributed by atoms with E-state index >= 15 is 0 Å². The number of nitrogens with zero attached hydrogens (tertiary/aromatic N) is 8. The number of anilines is 10. The molecule has 148 heavy (non-hydrogen) atoms. The Kier molecular flexibility index (Phi) is 28.3. The molecule has 12 heteroatoms. The van der Waals surface area contributed by atoms with Crippen LogP contribution < -0.4 is 19.6 Å². The number of benzene rings is 20. The van der Waals surface area contributed by atoms with E-state index in [2.05, 4.69) is 586 Å². The minimum absolute atomic E-state index is 1.21. The van der Waals surface area contributed by atoms with Gasteiger partial charge in [0.05, 0.1) is 67.6 Å². The maximum atomic E-state index is 2.37. The van der Waals surface area contributed by atoms with Crippen molar-refractivity contribution < 1.29 is 0 Å². The maximum absolute atomic E-state index is 2.37. The molecule has 0 radical (unpaired) electrons. The quantitative estimate of drug-likeness (QED) is 0.172. The molecule has 0 saturated heterocycles. The first kappa shape index (κ1) is 98.2. The molecule has 0 atom stereocenters. The van der Waals surface area contributed by atoms with Crippen LogP contribution in [0.4, 0.5) is 56.9 Å². The lowest BCUT2D eigenvalue weighted by Gasteiger charge is -2.33. The molecule has 0 unspecified atom stereocenters. The molecule has 0 N–H and O–H groups in total. The van der Waals surface area contributed by atoms with Gasteiger partial charge < -0.3 is 37.9 Å². The van der Waals surface area contributed by atoms with E-state index in [1.165, 1.54) is 261 Å². The van der Waals surface area contributed by atoms with Crippen molar-refractivity contribution in [2.75, 3.05) is 33.7 Å². The Morgan fingerprint density at radius 2 is 0.331 bits per heavy atom. The Balaban J connectivity index is 0.0000000996. The fourth-order valence-electron chi connectivity index (χ4n) is 20.5. The monoisotopic (exact) mass is 1990 g/mol. The van der Waals surface area contributed by atoms with Crippen LogP contribution in [0.5, 0.6) is 0 Å². The van der Waals surface area contributed by atoms with Crippen LogP contribution in [0.25, 0.3) is 98.6 Å². The summed E-state index contributed by atoms with van der Waals surface area (Å²) in [4.78, 5) is 19.9. The molecule has 728 valence electrons. The molecule has 20 aromatic carbocycles. The van der Waals surface area contributed by atoms with Gasteiger partial charge in [-0.3, -0.25) is 0 Å². The summed E-state index contributed by atoms with van der Waals surface area (Å²) in [6, 6.07) is 157. The van der Waals surface area contributed by atoms with Crippen molar-refractivity contribution in [3.05, 3.63) is 504 Å². The van der Waals surface area contributed by atoms with Gasteiger partial charge in [-0.2, -0.15) is 0 Å². The second kappa shape index (κ2) is 42.7. The summed E-state index contributed by atoms with van der Waals surface area (Å²) in [5.41, 5.74) is 41.0. The van der Waals surface area contributed by atoms with Gasteiger partial charge in [0, 0.05) is 155 Å². The van der Waals surface area contributed by atoms with Crippen LogP contribution in [0.1, 0.15) is 66.8 Å². The molecular weight excluding hydrogens is 1870 g/mol. The van der Waals surface area contributed by atoms with E-state index in [4.69, 9.17) is 0 Å². The molecule has 0 spiro atoms. The van der Waals surface area contributed by atoms with Gasteiger partial charge in [-0.1, -0.05) is 310 Å². The normalized spacial score (nSPS) is 12.2. The number of rotatable bonds is 4. The number of aromatic nitrogens is 4. The molecule has 0 aliphatic carbocycles. The first-order valence-electron chi connectivity index (χ1n) is 50.7. The van der Waals surface area contributed by atoms with Crippen LogP contribution in [-0.2, 0) is 14.1 Å². The van der Waals surface area contributed by atoms with Gasteiger partial charge in [0.2, 0.25) is 0 Å². The lowest BCUT2D eigenvalue weighted by atomic mass is 10.1. The topological polar surface area (TPSA) is 32.7 Å². The molecule has 0 saturated carbocycles. The summed E-state index contributed by atoms with van der Waals surface area (Å²) in [7, 11) is 8.51. The van der Waals surface area contributed by atoms with Crippen LogP contribution in [0.15, 0.2) is 476 Å². The van der Waals surface area contributed by atoms with Gasteiger partial charge in [0.1, 0.15) is 0 Å². The van der Waals surface area contributed by atoms with Crippen molar-refractivity contribution in [3.63, 3.8) is 0 Å². The summed E-state index contributed by atoms with van der Waals surface area (Å²) in [6.07, 6.45) is 0. The number of para-hydroxylation sites is 8. The van der Waals surface area contributed by atoms with Crippen LogP contribution >= 0.6 is 47.0 Å². The van der Waals surface area contributed by atoms with E-state index in [-0.39, 0.29) is 0 Å². The molecule has 0 fully saturated rings. The van der Waals surface area contributed by atoms with Crippen LogP contribution in [0, 0.1) is 83.1 Å². The number of hydrogen-bond donors (Lipinski definition) is 0. The zero-order chi connectivity index (χ0) is 102. The van der Waals surface area contributed by atoms with Gasteiger partial charge >= 0.3 is 0 Å². The van der Waals surface area contributed by atoms with Crippen molar-refractivity contribution >= 4 is 191 Å². The van der Waals surface area contributed by atoms with Crippen LogP contribution in [-0.4, -0.2) is 32.4 Å². The summed E-state index contributed by atoms with van der Waals surface area (Å²) in [6.45, 7) is 25.7. The second-order valence-corrected chi connectivity index (χ2v) is 43.6. The predicted octanol–water partition coefficient (Wildman–Crippen LogP) is 39.0. The molecule has 8 nitrogen and oxygen atoms in total. The Hall–Kier alpha value is -15.8. The van der Waals surface area contributed by atoms with Gasteiger partial charge in [-0.05, 0) is 324 Å². The third kappa shape index (κ3) is 20.2. The molecule has 4 aliphatic rings. The van der Waals surface area contributed by atoms with Gasteiger partial charge in [-0.15, -0.1) is 0 Å². The Labute approximate surface area is 887 Å². The van der Waals surface area contributed by atoms with E-state index < -0.39 is 0 Å². The summed E-state index contributed by atoms with van der Waals surface area (Å²) < 4.78 is 9.21. The SMILES string of the molecule is CN1c2ccccc2Sc2ccccc21.Cc1ccc(-n2c3ccc(C)cc3c3cc(C)ccc32)cc1.Cc1ccc(-n2c3ccccc3c3ccccc32)cc1.Cc1ccc(N2c3ccc(C)cc3Sc3cc(C)ccc32)cc1.Cc1ccc(N2c3ccccc3Sc3ccccc32)cc1.Cc1ccc2c(c1)Sc1cc(C)ccc1N2C.Cc1ccc2c(c1)c1cc(C)ccc1n2C.Cn1c2ccccc2c2ccccc21. The number of fused-ring (bicyclic) bond motifs is 20. The summed E-state index contributed by atoms with van der Waals surface area (Å²) in [5, 5.41) is 10.7. The third-order valence-corrected chi connectivity index (χ3v) is 32.6. The van der Waals surface area contributed by atoms with Crippen molar-refractivity contribution in [1.82, 2.24) is 18.3 Å². The van der Waals surface area contributed by atoms with E-state index in [9.17, 15) is 0 Å². The Morgan fingerprint density at radius 1 is 0.142 bits per heavy atom. The minimum atomic E-state index is 1.21. The smallest absolute Gasteiger partial charge is 0.0601 e. The minimum Gasteiger partial charge on any atom is -0.344 e. The van der Waals surface area contributed by atoms with Crippen LogP contribution in [0.3, 0.4) is 0 Å².